The Morgan fingerprint density at radius 1 is 1.28 bits per heavy atom. The minimum Gasteiger partial charge on any atom is -0.327 e. The lowest BCUT2D eigenvalue weighted by Gasteiger charge is -2.14. The van der Waals surface area contributed by atoms with Gasteiger partial charge in [0.25, 0.3) is 0 Å². The summed E-state index contributed by atoms with van der Waals surface area (Å²) in [5.41, 5.74) is 7.34. The molecule has 3 heteroatoms. The predicted octanol–water partition coefficient (Wildman–Crippen LogP) is 4.03. The lowest BCUT2D eigenvalue weighted by molar-refractivity contribution is 0.457. The van der Waals surface area contributed by atoms with Crippen LogP contribution in [0.25, 0.3) is 0 Å². The SMILES string of the molecule is CC1(C)C(C(N)Cc2cccc(Cl)c2F)C1(C)C. The molecule has 0 heterocycles. The molecule has 0 bridgehead atoms. The highest BCUT2D eigenvalue weighted by molar-refractivity contribution is 6.30. The fourth-order valence-electron chi connectivity index (χ4n) is 3.40. The quantitative estimate of drug-likeness (QED) is 0.881. The van der Waals surface area contributed by atoms with Crippen molar-refractivity contribution in [3.05, 3.63) is 34.6 Å². The van der Waals surface area contributed by atoms with Crippen LogP contribution in [0.4, 0.5) is 4.39 Å². The van der Waals surface area contributed by atoms with Crippen molar-refractivity contribution >= 4 is 11.6 Å². The first-order chi connectivity index (χ1) is 8.19. The van der Waals surface area contributed by atoms with Crippen molar-refractivity contribution in [1.29, 1.82) is 0 Å². The van der Waals surface area contributed by atoms with Gasteiger partial charge in [-0.05, 0) is 34.8 Å². The highest BCUT2D eigenvalue weighted by Crippen LogP contribution is 2.69. The number of rotatable bonds is 3. The fraction of sp³-hybridized carbons (Fsp3) is 0.600. The molecule has 1 fully saturated rings. The van der Waals surface area contributed by atoms with E-state index in [2.05, 4.69) is 27.7 Å². The summed E-state index contributed by atoms with van der Waals surface area (Å²) >= 11 is 5.79. The molecule has 2 N–H and O–H groups in total. The van der Waals surface area contributed by atoms with E-state index in [-0.39, 0.29) is 27.7 Å². The molecule has 1 unspecified atom stereocenters. The van der Waals surface area contributed by atoms with Gasteiger partial charge in [0.2, 0.25) is 0 Å². The third kappa shape index (κ3) is 1.96. The maximum absolute atomic E-state index is 13.8. The summed E-state index contributed by atoms with van der Waals surface area (Å²) < 4.78 is 13.8. The Labute approximate surface area is 114 Å². The minimum absolute atomic E-state index is 0.0250. The van der Waals surface area contributed by atoms with Gasteiger partial charge in [-0.1, -0.05) is 51.4 Å². The van der Waals surface area contributed by atoms with Crippen molar-refractivity contribution in [2.45, 2.75) is 40.2 Å². The molecule has 2 rings (SSSR count). The van der Waals surface area contributed by atoms with Crippen LogP contribution in [0.5, 0.6) is 0 Å². The Hall–Kier alpha value is -0.600. The molecule has 1 aliphatic rings. The number of hydrogen-bond donors (Lipinski definition) is 1. The summed E-state index contributed by atoms with van der Waals surface area (Å²) in [4.78, 5) is 0. The average Bonchev–Trinajstić information content (AvgIpc) is 2.65. The maximum atomic E-state index is 13.8. The molecule has 1 aromatic rings. The predicted molar refractivity (Wildman–Crippen MR) is 74.1 cm³/mol. The zero-order chi connectivity index (χ0) is 13.7. The minimum atomic E-state index is -0.328. The first kappa shape index (κ1) is 13.8. The van der Waals surface area contributed by atoms with Crippen molar-refractivity contribution < 1.29 is 4.39 Å². The van der Waals surface area contributed by atoms with Crippen molar-refractivity contribution in [2.24, 2.45) is 22.5 Å². The van der Waals surface area contributed by atoms with Crippen LogP contribution in [-0.2, 0) is 6.42 Å². The van der Waals surface area contributed by atoms with Crippen molar-refractivity contribution in [1.82, 2.24) is 0 Å². The largest absolute Gasteiger partial charge is 0.327 e. The van der Waals surface area contributed by atoms with Gasteiger partial charge in [-0.25, -0.2) is 4.39 Å². The van der Waals surface area contributed by atoms with Gasteiger partial charge < -0.3 is 5.73 Å². The van der Waals surface area contributed by atoms with Gasteiger partial charge >= 0.3 is 0 Å². The second kappa shape index (κ2) is 4.21. The second-order valence-electron chi connectivity index (χ2n) is 6.50. The fourth-order valence-corrected chi connectivity index (χ4v) is 3.59. The first-order valence-corrected chi connectivity index (χ1v) is 6.76. The van der Waals surface area contributed by atoms with Gasteiger partial charge in [0.15, 0.2) is 0 Å². The van der Waals surface area contributed by atoms with Gasteiger partial charge in [-0.15, -0.1) is 0 Å². The van der Waals surface area contributed by atoms with Gasteiger partial charge in [0, 0.05) is 6.04 Å². The molecular weight excluding hydrogens is 249 g/mol. The van der Waals surface area contributed by atoms with Crippen LogP contribution in [0.1, 0.15) is 33.3 Å². The van der Waals surface area contributed by atoms with Gasteiger partial charge in [0.1, 0.15) is 5.82 Å². The van der Waals surface area contributed by atoms with Crippen LogP contribution in [0.3, 0.4) is 0 Å². The van der Waals surface area contributed by atoms with E-state index in [0.29, 0.717) is 17.9 Å². The number of benzene rings is 1. The summed E-state index contributed by atoms with van der Waals surface area (Å²) in [5.74, 6) is 0.0919. The summed E-state index contributed by atoms with van der Waals surface area (Å²) in [5, 5.41) is 0.175. The zero-order valence-electron chi connectivity index (χ0n) is 11.4. The van der Waals surface area contributed by atoms with E-state index in [1.54, 1.807) is 18.2 Å². The van der Waals surface area contributed by atoms with Crippen LogP contribution in [0.2, 0.25) is 5.02 Å². The molecule has 1 aromatic carbocycles. The Kier molecular flexibility index (Phi) is 3.23. The number of hydrogen-bond acceptors (Lipinski definition) is 1. The Balaban J connectivity index is 2.14. The molecule has 18 heavy (non-hydrogen) atoms. The zero-order valence-corrected chi connectivity index (χ0v) is 12.2. The first-order valence-electron chi connectivity index (χ1n) is 6.38. The third-order valence-corrected chi connectivity index (χ3v) is 5.34. The standard InChI is InChI=1S/C15H21ClFN/c1-14(2)13(15(14,3)4)11(18)8-9-6-5-7-10(16)12(9)17/h5-7,11,13H,8,18H2,1-4H3. The molecule has 1 nitrogen and oxygen atoms in total. The lowest BCUT2D eigenvalue weighted by atomic mass is 9.97. The van der Waals surface area contributed by atoms with E-state index in [1.807, 2.05) is 0 Å². The molecule has 100 valence electrons. The molecule has 1 saturated carbocycles. The van der Waals surface area contributed by atoms with Crippen molar-refractivity contribution in [3.8, 4) is 0 Å². The summed E-state index contributed by atoms with van der Waals surface area (Å²) in [6.45, 7) is 8.91. The van der Waals surface area contributed by atoms with E-state index in [9.17, 15) is 4.39 Å². The van der Waals surface area contributed by atoms with Gasteiger partial charge in [0.05, 0.1) is 5.02 Å². The normalized spacial score (nSPS) is 22.8. The van der Waals surface area contributed by atoms with Gasteiger partial charge in [-0.2, -0.15) is 0 Å². The molecule has 0 aliphatic heterocycles. The highest BCUT2D eigenvalue weighted by Gasteiger charge is 2.66. The van der Waals surface area contributed by atoms with Crippen LogP contribution in [0.15, 0.2) is 18.2 Å². The number of nitrogens with two attached hydrogens (primary N) is 1. The van der Waals surface area contributed by atoms with E-state index >= 15 is 0 Å². The Bertz CT molecular complexity index is 454. The van der Waals surface area contributed by atoms with Crippen molar-refractivity contribution in [2.75, 3.05) is 0 Å². The summed E-state index contributed by atoms with van der Waals surface area (Å²) in [6, 6.07) is 5.08. The highest BCUT2D eigenvalue weighted by atomic mass is 35.5. The van der Waals surface area contributed by atoms with E-state index in [0.717, 1.165) is 0 Å². The summed E-state index contributed by atoms with van der Waals surface area (Å²) in [6.07, 6.45) is 0.546. The third-order valence-electron chi connectivity index (χ3n) is 5.05. The molecule has 0 radical (unpaired) electrons. The lowest BCUT2D eigenvalue weighted by Crippen LogP contribution is -2.28. The van der Waals surface area contributed by atoms with Gasteiger partial charge in [-0.3, -0.25) is 0 Å². The number of halogens is 2. The molecule has 1 aliphatic carbocycles. The molecule has 1 atom stereocenters. The molecule has 0 amide bonds. The molecule has 0 saturated heterocycles. The second-order valence-corrected chi connectivity index (χ2v) is 6.91. The molecule has 0 spiro atoms. The van der Waals surface area contributed by atoms with E-state index in [4.69, 9.17) is 17.3 Å². The smallest absolute Gasteiger partial charge is 0.145 e. The summed E-state index contributed by atoms with van der Waals surface area (Å²) in [7, 11) is 0. The van der Waals surface area contributed by atoms with Crippen LogP contribution in [-0.4, -0.2) is 6.04 Å². The maximum Gasteiger partial charge on any atom is 0.145 e. The molecular formula is C15H21ClFN. The van der Waals surface area contributed by atoms with E-state index < -0.39 is 0 Å². The average molecular weight is 270 g/mol. The molecule has 0 aromatic heterocycles. The van der Waals surface area contributed by atoms with Crippen LogP contribution in [0, 0.1) is 22.6 Å². The monoisotopic (exact) mass is 269 g/mol. The van der Waals surface area contributed by atoms with Crippen LogP contribution >= 0.6 is 11.6 Å². The van der Waals surface area contributed by atoms with Crippen LogP contribution < -0.4 is 5.73 Å². The van der Waals surface area contributed by atoms with Crippen molar-refractivity contribution in [3.63, 3.8) is 0 Å². The Morgan fingerprint density at radius 2 is 1.83 bits per heavy atom. The van der Waals surface area contributed by atoms with E-state index in [1.165, 1.54) is 0 Å². The topological polar surface area (TPSA) is 26.0 Å². The Morgan fingerprint density at radius 3 is 2.33 bits per heavy atom.